The molecular formula is C28H47IO2. The second kappa shape index (κ2) is 9.56. The van der Waals surface area contributed by atoms with E-state index < -0.39 is 0 Å². The third kappa shape index (κ3) is 4.31. The van der Waals surface area contributed by atoms with E-state index in [9.17, 15) is 0 Å². The number of hydrogen-bond donors (Lipinski definition) is 0. The summed E-state index contributed by atoms with van der Waals surface area (Å²) in [5, 5.41) is 0. The van der Waals surface area contributed by atoms with Crippen molar-refractivity contribution in [1.82, 2.24) is 0 Å². The van der Waals surface area contributed by atoms with Crippen molar-refractivity contribution in [1.29, 1.82) is 0 Å². The van der Waals surface area contributed by atoms with Gasteiger partial charge in [0.1, 0.15) is 23.0 Å². The number of halogens is 1. The Kier molecular flexibility index (Phi) is 7.56. The van der Waals surface area contributed by atoms with Gasteiger partial charge in [0.05, 0.1) is 12.2 Å². The van der Waals surface area contributed by atoms with Gasteiger partial charge in [0.25, 0.3) is 0 Å². The SMILES string of the molecule is CO[C@H]1CC[C@@]2(C)C(=CC[C@H]3[C@@H]4CC[C@H]([C@H](C)CC[C@H](OI)C(C)C)[C@@]4(C)CC[C@@H]32)C1. The highest BCUT2D eigenvalue weighted by Crippen LogP contribution is 2.67. The van der Waals surface area contributed by atoms with Crippen molar-refractivity contribution in [2.24, 2.45) is 46.3 Å². The summed E-state index contributed by atoms with van der Waals surface area (Å²) in [6.07, 6.45) is 17.1. The number of fused-ring (bicyclic) bond motifs is 5. The molecular weight excluding hydrogens is 495 g/mol. The van der Waals surface area contributed by atoms with Crippen molar-refractivity contribution in [3.05, 3.63) is 11.6 Å². The molecule has 4 aliphatic rings. The second-order valence-electron chi connectivity index (χ2n) is 12.5. The molecule has 0 heterocycles. The van der Waals surface area contributed by atoms with Crippen molar-refractivity contribution >= 4 is 23.0 Å². The van der Waals surface area contributed by atoms with E-state index in [1.54, 1.807) is 5.57 Å². The first-order valence-corrected chi connectivity index (χ1v) is 14.1. The molecule has 0 aromatic heterocycles. The predicted octanol–water partition coefficient (Wildman–Crippen LogP) is 8.39. The van der Waals surface area contributed by atoms with Gasteiger partial charge in [-0.05, 0) is 111 Å². The van der Waals surface area contributed by atoms with E-state index in [1.165, 1.54) is 64.2 Å². The number of methoxy groups -OCH3 is 1. The molecule has 0 unspecified atom stereocenters. The molecule has 4 aliphatic carbocycles. The fourth-order valence-corrected chi connectivity index (χ4v) is 9.75. The maximum absolute atomic E-state index is 5.76. The van der Waals surface area contributed by atoms with E-state index in [0.29, 0.717) is 29.0 Å². The molecule has 0 bridgehead atoms. The molecule has 178 valence electrons. The number of hydrogen-bond acceptors (Lipinski definition) is 2. The van der Waals surface area contributed by atoms with Gasteiger partial charge in [0, 0.05) is 7.11 Å². The van der Waals surface area contributed by atoms with Gasteiger partial charge in [-0.15, -0.1) is 0 Å². The van der Waals surface area contributed by atoms with Gasteiger partial charge in [-0.1, -0.05) is 46.3 Å². The monoisotopic (exact) mass is 542 g/mol. The molecule has 0 saturated heterocycles. The van der Waals surface area contributed by atoms with Crippen molar-refractivity contribution in [3.8, 4) is 0 Å². The zero-order chi connectivity index (χ0) is 22.4. The van der Waals surface area contributed by atoms with Crippen LogP contribution in [0.1, 0.15) is 98.8 Å². The molecule has 3 heteroatoms. The minimum absolute atomic E-state index is 0.410. The minimum Gasteiger partial charge on any atom is -0.381 e. The highest BCUT2D eigenvalue weighted by atomic mass is 127. The lowest BCUT2D eigenvalue weighted by atomic mass is 9.47. The Hall–Kier alpha value is 0.390. The van der Waals surface area contributed by atoms with Crippen LogP contribution in [0.2, 0.25) is 0 Å². The first kappa shape index (κ1) is 24.5. The first-order valence-electron chi connectivity index (χ1n) is 13.2. The van der Waals surface area contributed by atoms with Crippen LogP contribution >= 0.6 is 23.0 Å². The molecule has 0 aliphatic heterocycles. The Balaban J connectivity index is 1.47. The van der Waals surface area contributed by atoms with Gasteiger partial charge in [-0.2, -0.15) is 0 Å². The normalized spacial score (nSPS) is 44.3. The molecule has 9 atom stereocenters. The van der Waals surface area contributed by atoms with Crippen LogP contribution in [0.15, 0.2) is 11.6 Å². The predicted molar refractivity (Wildman–Crippen MR) is 138 cm³/mol. The van der Waals surface area contributed by atoms with Crippen molar-refractivity contribution < 1.29 is 7.80 Å². The third-order valence-corrected chi connectivity index (χ3v) is 11.6. The zero-order valence-electron chi connectivity index (χ0n) is 21.0. The zero-order valence-corrected chi connectivity index (χ0v) is 23.1. The van der Waals surface area contributed by atoms with Crippen LogP contribution in [-0.2, 0) is 7.80 Å². The van der Waals surface area contributed by atoms with Crippen LogP contribution in [0.3, 0.4) is 0 Å². The largest absolute Gasteiger partial charge is 0.381 e. The summed E-state index contributed by atoms with van der Waals surface area (Å²) in [4.78, 5) is 0. The molecule has 2 nitrogen and oxygen atoms in total. The summed E-state index contributed by atoms with van der Waals surface area (Å²) in [7, 11) is 1.90. The van der Waals surface area contributed by atoms with Gasteiger partial charge >= 0.3 is 0 Å². The minimum atomic E-state index is 0.410. The fraction of sp³-hybridized carbons (Fsp3) is 0.929. The van der Waals surface area contributed by atoms with Gasteiger partial charge in [0.15, 0.2) is 0 Å². The average Bonchev–Trinajstić information content (AvgIpc) is 3.10. The van der Waals surface area contributed by atoms with Crippen LogP contribution in [0.4, 0.5) is 0 Å². The molecule has 0 amide bonds. The second-order valence-corrected chi connectivity index (χ2v) is 13.0. The smallest absolute Gasteiger partial charge is 0.110 e. The van der Waals surface area contributed by atoms with Crippen LogP contribution in [0.25, 0.3) is 0 Å². The van der Waals surface area contributed by atoms with Crippen LogP contribution in [0.5, 0.6) is 0 Å². The molecule has 3 saturated carbocycles. The molecule has 0 aromatic rings. The summed E-state index contributed by atoms with van der Waals surface area (Å²) in [6.45, 7) is 12.5. The average molecular weight is 543 g/mol. The lowest BCUT2D eigenvalue weighted by molar-refractivity contribution is -0.0605. The molecule has 4 rings (SSSR count). The maximum Gasteiger partial charge on any atom is 0.110 e. The van der Waals surface area contributed by atoms with E-state index in [1.807, 2.05) is 7.11 Å². The van der Waals surface area contributed by atoms with E-state index >= 15 is 0 Å². The van der Waals surface area contributed by atoms with Crippen LogP contribution < -0.4 is 0 Å². The van der Waals surface area contributed by atoms with Crippen LogP contribution in [0, 0.1) is 46.3 Å². The Morgan fingerprint density at radius 2 is 1.81 bits per heavy atom. The highest BCUT2D eigenvalue weighted by molar-refractivity contribution is 14.1. The fourth-order valence-electron chi connectivity index (χ4n) is 8.91. The summed E-state index contributed by atoms with van der Waals surface area (Å²) < 4.78 is 11.5. The molecule has 0 aromatic carbocycles. The van der Waals surface area contributed by atoms with E-state index in [0.717, 1.165) is 29.6 Å². The quantitative estimate of drug-likeness (QED) is 0.238. The summed E-state index contributed by atoms with van der Waals surface area (Å²) in [5.74, 6) is 5.11. The first-order chi connectivity index (χ1) is 14.7. The van der Waals surface area contributed by atoms with Gasteiger partial charge in [0.2, 0.25) is 0 Å². The van der Waals surface area contributed by atoms with E-state index in [4.69, 9.17) is 7.80 Å². The molecule has 0 N–H and O–H groups in total. The molecule has 0 radical (unpaired) electrons. The highest BCUT2D eigenvalue weighted by Gasteiger charge is 2.59. The van der Waals surface area contributed by atoms with E-state index in [2.05, 4.69) is 63.7 Å². The van der Waals surface area contributed by atoms with Crippen molar-refractivity contribution in [2.45, 2.75) is 111 Å². The van der Waals surface area contributed by atoms with Gasteiger partial charge < -0.3 is 7.80 Å². The standard InChI is InChI=1S/C28H47IO2/c1-18(2)26(31-29)12-7-19(3)23-10-11-24-22-9-8-20-17-21(30-6)13-15-27(20,4)25(22)14-16-28(23,24)5/h8,18-19,21-26H,7,9-17H2,1-6H3/t19-,21+,22+,23-,24+,25+,26+,27+,28-/m1/s1. The van der Waals surface area contributed by atoms with E-state index in [-0.39, 0.29) is 0 Å². The van der Waals surface area contributed by atoms with Crippen molar-refractivity contribution in [2.75, 3.05) is 7.11 Å². The number of allylic oxidation sites excluding steroid dienone is 1. The lowest BCUT2D eigenvalue weighted by Gasteiger charge is -2.58. The Morgan fingerprint density at radius 1 is 1.03 bits per heavy atom. The molecule has 0 spiro atoms. The van der Waals surface area contributed by atoms with Gasteiger partial charge in [-0.25, -0.2) is 0 Å². The van der Waals surface area contributed by atoms with Crippen LogP contribution in [-0.4, -0.2) is 19.3 Å². The maximum atomic E-state index is 5.76. The molecule has 31 heavy (non-hydrogen) atoms. The Bertz CT molecular complexity index is 659. The van der Waals surface area contributed by atoms with Crippen molar-refractivity contribution in [3.63, 3.8) is 0 Å². The Labute approximate surface area is 206 Å². The lowest BCUT2D eigenvalue weighted by Crippen LogP contribution is -2.51. The molecule has 3 fully saturated rings. The number of ether oxygens (including phenoxy) is 1. The Morgan fingerprint density at radius 3 is 2.48 bits per heavy atom. The summed E-state index contributed by atoms with van der Waals surface area (Å²) in [5.41, 5.74) is 2.76. The van der Waals surface area contributed by atoms with Gasteiger partial charge in [-0.3, -0.25) is 0 Å². The number of rotatable bonds is 7. The third-order valence-electron chi connectivity index (χ3n) is 10.9. The summed E-state index contributed by atoms with van der Waals surface area (Å²) in [6, 6.07) is 0. The summed E-state index contributed by atoms with van der Waals surface area (Å²) >= 11 is 2.12. The topological polar surface area (TPSA) is 18.5 Å².